The monoisotopic (exact) mass is 328 g/mol. The van der Waals surface area contributed by atoms with E-state index in [1.807, 2.05) is 37.3 Å². The average molecular weight is 329 g/mol. The van der Waals surface area contributed by atoms with Crippen LogP contribution in [0.4, 0.5) is 5.69 Å². The Morgan fingerprint density at radius 2 is 1.96 bits per heavy atom. The van der Waals surface area contributed by atoms with Crippen LogP contribution in [-0.2, 0) is 6.61 Å². The molecule has 5 heteroatoms. The molecule has 2 N–H and O–H groups in total. The Hall–Kier alpha value is -2.46. The van der Waals surface area contributed by atoms with Gasteiger partial charge >= 0.3 is 0 Å². The molecule has 23 heavy (non-hydrogen) atoms. The van der Waals surface area contributed by atoms with Gasteiger partial charge in [0.1, 0.15) is 18.1 Å². The standard InChI is InChI=1S/C18H17ClN2O2/c1-11-3-4-12-9-13(5-7-16(12)21-11)23-10-14-17(22-2)8-6-15(20)18(14)19/h3-9H,10,20H2,1-2H3. The Labute approximate surface area is 139 Å². The Morgan fingerprint density at radius 1 is 1.13 bits per heavy atom. The highest BCUT2D eigenvalue weighted by molar-refractivity contribution is 6.34. The summed E-state index contributed by atoms with van der Waals surface area (Å²) in [6.45, 7) is 2.25. The second-order valence-electron chi connectivity index (χ2n) is 5.25. The zero-order valence-corrected chi connectivity index (χ0v) is 13.7. The molecule has 0 amide bonds. The highest BCUT2D eigenvalue weighted by Gasteiger charge is 2.12. The van der Waals surface area contributed by atoms with Crippen molar-refractivity contribution >= 4 is 28.2 Å². The summed E-state index contributed by atoms with van der Waals surface area (Å²) >= 11 is 6.26. The van der Waals surface area contributed by atoms with Gasteiger partial charge in [-0.15, -0.1) is 0 Å². The largest absolute Gasteiger partial charge is 0.496 e. The summed E-state index contributed by atoms with van der Waals surface area (Å²) in [4.78, 5) is 4.47. The highest BCUT2D eigenvalue weighted by atomic mass is 35.5. The van der Waals surface area contributed by atoms with Gasteiger partial charge in [-0.1, -0.05) is 17.7 Å². The molecule has 0 aliphatic carbocycles. The van der Waals surface area contributed by atoms with E-state index < -0.39 is 0 Å². The van der Waals surface area contributed by atoms with Crippen molar-refractivity contribution in [1.29, 1.82) is 0 Å². The quantitative estimate of drug-likeness (QED) is 0.723. The summed E-state index contributed by atoms with van der Waals surface area (Å²) in [6, 6.07) is 13.3. The van der Waals surface area contributed by atoms with Gasteiger partial charge < -0.3 is 15.2 Å². The second-order valence-corrected chi connectivity index (χ2v) is 5.62. The number of fused-ring (bicyclic) bond motifs is 1. The van der Waals surface area contributed by atoms with Crippen LogP contribution in [0.15, 0.2) is 42.5 Å². The van der Waals surface area contributed by atoms with Gasteiger partial charge in [0.15, 0.2) is 0 Å². The number of hydrogen-bond donors (Lipinski definition) is 1. The van der Waals surface area contributed by atoms with Gasteiger partial charge in [-0.05, 0) is 43.3 Å². The number of nitrogens with zero attached hydrogens (tertiary/aromatic N) is 1. The zero-order valence-electron chi connectivity index (χ0n) is 13.0. The maximum absolute atomic E-state index is 6.26. The molecule has 0 aliphatic heterocycles. The molecular formula is C18H17ClN2O2. The minimum atomic E-state index is 0.276. The van der Waals surface area contributed by atoms with Crippen LogP contribution < -0.4 is 15.2 Å². The third kappa shape index (κ3) is 3.17. The second kappa shape index (κ2) is 6.34. The van der Waals surface area contributed by atoms with E-state index >= 15 is 0 Å². The van der Waals surface area contributed by atoms with Crippen LogP contribution in [0.2, 0.25) is 5.02 Å². The number of aromatic nitrogens is 1. The normalized spacial score (nSPS) is 10.7. The van der Waals surface area contributed by atoms with E-state index in [0.29, 0.717) is 16.5 Å². The summed E-state index contributed by atoms with van der Waals surface area (Å²) in [5.74, 6) is 1.39. The van der Waals surface area contributed by atoms with Crippen molar-refractivity contribution in [3.63, 3.8) is 0 Å². The number of aryl methyl sites for hydroxylation is 1. The molecule has 0 saturated heterocycles. The van der Waals surface area contributed by atoms with E-state index in [0.717, 1.165) is 27.9 Å². The molecule has 0 saturated carbocycles. The van der Waals surface area contributed by atoms with Crippen LogP contribution in [0.5, 0.6) is 11.5 Å². The van der Waals surface area contributed by atoms with Crippen molar-refractivity contribution in [3.8, 4) is 11.5 Å². The van der Waals surface area contributed by atoms with E-state index in [9.17, 15) is 0 Å². The number of ether oxygens (including phenoxy) is 2. The number of methoxy groups -OCH3 is 1. The van der Waals surface area contributed by atoms with Crippen LogP contribution in [-0.4, -0.2) is 12.1 Å². The molecule has 3 aromatic rings. The third-order valence-electron chi connectivity index (χ3n) is 3.63. The molecule has 118 valence electrons. The van der Waals surface area contributed by atoms with Crippen molar-refractivity contribution in [2.45, 2.75) is 13.5 Å². The van der Waals surface area contributed by atoms with Crippen molar-refractivity contribution in [3.05, 3.63) is 58.7 Å². The van der Waals surface area contributed by atoms with Gasteiger partial charge in [-0.3, -0.25) is 4.98 Å². The maximum Gasteiger partial charge on any atom is 0.127 e. The number of pyridine rings is 1. The fourth-order valence-electron chi connectivity index (χ4n) is 2.40. The van der Waals surface area contributed by atoms with Crippen LogP contribution in [0, 0.1) is 6.92 Å². The summed E-state index contributed by atoms with van der Waals surface area (Å²) in [7, 11) is 1.59. The number of nitrogen functional groups attached to an aromatic ring is 1. The number of anilines is 1. The molecule has 0 atom stereocenters. The lowest BCUT2D eigenvalue weighted by Crippen LogP contribution is -2.02. The number of halogens is 1. The average Bonchev–Trinajstić information content (AvgIpc) is 2.56. The highest BCUT2D eigenvalue weighted by Crippen LogP contribution is 2.32. The summed E-state index contributed by atoms with van der Waals surface area (Å²) in [5.41, 5.74) is 9.02. The van der Waals surface area contributed by atoms with E-state index in [1.165, 1.54) is 0 Å². The van der Waals surface area contributed by atoms with E-state index in [-0.39, 0.29) is 6.61 Å². The first-order valence-electron chi connectivity index (χ1n) is 7.19. The summed E-state index contributed by atoms with van der Waals surface area (Å²) in [6.07, 6.45) is 0. The minimum Gasteiger partial charge on any atom is -0.496 e. The van der Waals surface area contributed by atoms with Crippen molar-refractivity contribution in [1.82, 2.24) is 4.98 Å². The molecule has 0 unspecified atom stereocenters. The van der Waals surface area contributed by atoms with Crippen LogP contribution >= 0.6 is 11.6 Å². The SMILES string of the molecule is COc1ccc(N)c(Cl)c1COc1ccc2nc(C)ccc2c1. The van der Waals surface area contributed by atoms with Crippen molar-refractivity contribution in [2.24, 2.45) is 0 Å². The van der Waals surface area contributed by atoms with Gasteiger partial charge in [0.05, 0.1) is 28.9 Å². The first-order chi connectivity index (χ1) is 11.1. The molecule has 0 aliphatic rings. The van der Waals surface area contributed by atoms with Gasteiger partial charge in [0.2, 0.25) is 0 Å². The van der Waals surface area contributed by atoms with Crippen molar-refractivity contribution < 1.29 is 9.47 Å². The summed E-state index contributed by atoms with van der Waals surface area (Å²) < 4.78 is 11.2. The number of benzene rings is 2. The maximum atomic E-state index is 6.26. The minimum absolute atomic E-state index is 0.276. The first kappa shape index (κ1) is 15.4. The van der Waals surface area contributed by atoms with Gasteiger partial charge in [0, 0.05) is 11.1 Å². The Morgan fingerprint density at radius 3 is 2.74 bits per heavy atom. The van der Waals surface area contributed by atoms with E-state index in [2.05, 4.69) is 4.98 Å². The van der Waals surface area contributed by atoms with Gasteiger partial charge in [-0.25, -0.2) is 0 Å². The lowest BCUT2D eigenvalue weighted by Gasteiger charge is -2.13. The molecule has 3 rings (SSSR count). The molecule has 1 aromatic heterocycles. The Kier molecular flexibility index (Phi) is 4.26. The fraction of sp³-hybridized carbons (Fsp3) is 0.167. The topological polar surface area (TPSA) is 57.4 Å². The Balaban J connectivity index is 1.86. The molecular weight excluding hydrogens is 312 g/mol. The predicted octanol–water partition coefficient (Wildman–Crippen LogP) is 4.37. The lowest BCUT2D eigenvalue weighted by molar-refractivity contribution is 0.297. The van der Waals surface area contributed by atoms with Gasteiger partial charge in [0.25, 0.3) is 0 Å². The number of nitrogens with two attached hydrogens (primary N) is 1. The molecule has 0 spiro atoms. The summed E-state index contributed by atoms with van der Waals surface area (Å²) in [5, 5.41) is 1.49. The molecule has 1 heterocycles. The smallest absolute Gasteiger partial charge is 0.127 e. The zero-order chi connectivity index (χ0) is 16.4. The first-order valence-corrected chi connectivity index (χ1v) is 7.57. The fourth-order valence-corrected chi connectivity index (χ4v) is 2.61. The third-order valence-corrected chi connectivity index (χ3v) is 4.08. The Bertz CT molecular complexity index is 865. The van der Waals surface area contributed by atoms with Crippen LogP contribution in [0.1, 0.15) is 11.3 Å². The van der Waals surface area contributed by atoms with Crippen LogP contribution in [0.25, 0.3) is 10.9 Å². The molecule has 0 radical (unpaired) electrons. The molecule has 2 aromatic carbocycles. The molecule has 0 bridgehead atoms. The number of rotatable bonds is 4. The van der Waals surface area contributed by atoms with E-state index in [4.69, 9.17) is 26.8 Å². The number of hydrogen-bond acceptors (Lipinski definition) is 4. The van der Waals surface area contributed by atoms with E-state index in [1.54, 1.807) is 19.2 Å². The predicted molar refractivity (Wildman–Crippen MR) is 93.2 cm³/mol. The molecule has 0 fully saturated rings. The van der Waals surface area contributed by atoms with Gasteiger partial charge in [-0.2, -0.15) is 0 Å². The van der Waals surface area contributed by atoms with Crippen molar-refractivity contribution in [2.75, 3.05) is 12.8 Å². The lowest BCUT2D eigenvalue weighted by atomic mass is 10.1. The molecule has 4 nitrogen and oxygen atoms in total. The van der Waals surface area contributed by atoms with Crippen LogP contribution in [0.3, 0.4) is 0 Å².